The molecule has 0 spiro atoms. The average molecular weight is 385 g/mol. The maximum Gasteiger partial charge on any atom is 0.256 e. The highest BCUT2D eigenvalue weighted by Crippen LogP contribution is 2.22. The van der Waals surface area contributed by atoms with Crippen LogP contribution in [-0.4, -0.2) is 42.5 Å². The number of aromatic nitrogens is 1. The number of hydrogen-bond donors (Lipinski definition) is 2. The SMILES string of the molecule is NS(=O)(=O)[C@H]1CCCN(C(=O)c2cccc3c(=O)c4ccccc4[nH]c23)C1. The molecule has 1 aromatic heterocycles. The Balaban J connectivity index is 1.82. The Bertz CT molecular complexity index is 1220. The van der Waals surface area contributed by atoms with Crippen molar-refractivity contribution < 1.29 is 13.2 Å². The van der Waals surface area contributed by atoms with Gasteiger partial charge in [0, 0.05) is 29.4 Å². The Hall–Kier alpha value is -2.71. The van der Waals surface area contributed by atoms with Crippen LogP contribution in [0.5, 0.6) is 0 Å². The summed E-state index contributed by atoms with van der Waals surface area (Å²) in [6.45, 7) is 0.519. The molecule has 1 aliphatic rings. The van der Waals surface area contributed by atoms with Crippen LogP contribution in [0.1, 0.15) is 23.2 Å². The summed E-state index contributed by atoms with van der Waals surface area (Å²) in [5.74, 6) is -0.306. The number of piperidine rings is 1. The molecule has 4 rings (SSSR count). The zero-order valence-electron chi connectivity index (χ0n) is 14.5. The maximum absolute atomic E-state index is 13.1. The molecule has 1 fully saturated rings. The first-order chi connectivity index (χ1) is 12.9. The quantitative estimate of drug-likeness (QED) is 0.652. The van der Waals surface area contributed by atoms with Crippen LogP contribution < -0.4 is 10.6 Å². The van der Waals surface area contributed by atoms with Crippen molar-refractivity contribution in [1.82, 2.24) is 9.88 Å². The maximum atomic E-state index is 13.1. The number of fused-ring (bicyclic) bond motifs is 2. The third-order valence-electron chi connectivity index (χ3n) is 5.10. The van der Waals surface area contributed by atoms with Gasteiger partial charge in [0.2, 0.25) is 10.0 Å². The Labute approximate surface area is 155 Å². The van der Waals surface area contributed by atoms with Crippen molar-refractivity contribution in [2.24, 2.45) is 5.14 Å². The lowest BCUT2D eigenvalue weighted by atomic mass is 10.0. The molecule has 0 saturated carbocycles. The van der Waals surface area contributed by atoms with Gasteiger partial charge in [0.1, 0.15) is 0 Å². The van der Waals surface area contributed by atoms with Gasteiger partial charge < -0.3 is 9.88 Å². The largest absolute Gasteiger partial charge is 0.354 e. The fraction of sp³-hybridized carbons (Fsp3) is 0.263. The van der Waals surface area contributed by atoms with Crippen LogP contribution >= 0.6 is 0 Å². The highest BCUT2D eigenvalue weighted by Gasteiger charge is 2.31. The summed E-state index contributed by atoms with van der Waals surface area (Å²) in [6, 6.07) is 12.1. The van der Waals surface area contributed by atoms with E-state index in [4.69, 9.17) is 5.14 Å². The van der Waals surface area contributed by atoms with Crippen LogP contribution in [0, 0.1) is 0 Å². The minimum absolute atomic E-state index is 0.0614. The summed E-state index contributed by atoms with van der Waals surface area (Å²) in [5.41, 5.74) is 1.32. The van der Waals surface area contributed by atoms with Crippen molar-refractivity contribution in [3.8, 4) is 0 Å². The molecule has 0 unspecified atom stereocenters. The van der Waals surface area contributed by atoms with Gasteiger partial charge in [-0.1, -0.05) is 18.2 Å². The van der Waals surface area contributed by atoms with E-state index >= 15 is 0 Å². The first-order valence-electron chi connectivity index (χ1n) is 8.71. The lowest BCUT2D eigenvalue weighted by molar-refractivity contribution is 0.0729. The van der Waals surface area contributed by atoms with E-state index in [1.807, 2.05) is 6.07 Å². The number of nitrogens with two attached hydrogens (primary N) is 1. The van der Waals surface area contributed by atoms with Crippen molar-refractivity contribution in [3.05, 3.63) is 58.3 Å². The number of primary sulfonamides is 1. The molecule has 1 saturated heterocycles. The first kappa shape index (κ1) is 17.7. The summed E-state index contributed by atoms with van der Waals surface area (Å²) in [4.78, 5) is 30.6. The van der Waals surface area contributed by atoms with Crippen LogP contribution in [0.25, 0.3) is 21.8 Å². The van der Waals surface area contributed by atoms with E-state index < -0.39 is 15.3 Å². The zero-order valence-corrected chi connectivity index (χ0v) is 15.3. The number of aromatic amines is 1. The van der Waals surface area contributed by atoms with Crippen LogP contribution in [-0.2, 0) is 10.0 Å². The predicted molar refractivity (Wildman–Crippen MR) is 104 cm³/mol. The average Bonchev–Trinajstić information content (AvgIpc) is 2.67. The number of rotatable bonds is 2. The third-order valence-corrected chi connectivity index (χ3v) is 6.41. The first-order valence-corrected chi connectivity index (χ1v) is 10.3. The fourth-order valence-electron chi connectivity index (χ4n) is 3.69. The van der Waals surface area contributed by atoms with E-state index in [0.717, 1.165) is 0 Å². The van der Waals surface area contributed by atoms with E-state index in [1.165, 1.54) is 4.90 Å². The molecule has 1 atom stereocenters. The summed E-state index contributed by atoms with van der Waals surface area (Å²) in [6.07, 6.45) is 1.01. The smallest absolute Gasteiger partial charge is 0.256 e. The lowest BCUT2D eigenvalue weighted by Crippen LogP contribution is -2.47. The molecule has 3 aromatic rings. The lowest BCUT2D eigenvalue weighted by Gasteiger charge is -2.31. The molecule has 2 heterocycles. The molecular formula is C19H19N3O4S. The molecule has 1 amide bonds. The number of sulfonamides is 1. The van der Waals surface area contributed by atoms with Crippen molar-refractivity contribution >= 4 is 37.7 Å². The van der Waals surface area contributed by atoms with Gasteiger partial charge >= 0.3 is 0 Å². The van der Waals surface area contributed by atoms with E-state index in [-0.39, 0.29) is 17.9 Å². The Morgan fingerprint density at radius 3 is 2.63 bits per heavy atom. The number of carbonyl (C=O) groups is 1. The van der Waals surface area contributed by atoms with Gasteiger partial charge in [0.25, 0.3) is 5.91 Å². The van der Waals surface area contributed by atoms with Crippen LogP contribution in [0.4, 0.5) is 0 Å². The van der Waals surface area contributed by atoms with Crippen molar-refractivity contribution in [1.29, 1.82) is 0 Å². The standard InChI is InChI=1S/C19H19N3O4S/c20-27(25,26)12-5-4-10-22(11-12)19(24)15-8-3-7-14-17(15)21-16-9-2-1-6-13(16)18(14)23/h1-3,6-9,12H,4-5,10-11H2,(H,21,23)(H2,20,25,26)/t12-/m0/s1. The van der Waals surface area contributed by atoms with Gasteiger partial charge in [-0.2, -0.15) is 0 Å². The van der Waals surface area contributed by atoms with Gasteiger partial charge in [0.15, 0.2) is 5.43 Å². The van der Waals surface area contributed by atoms with Crippen LogP contribution in [0.3, 0.4) is 0 Å². The van der Waals surface area contributed by atoms with Crippen LogP contribution in [0.2, 0.25) is 0 Å². The molecule has 7 nitrogen and oxygen atoms in total. The van der Waals surface area contributed by atoms with E-state index in [9.17, 15) is 18.0 Å². The normalized spacial score (nSPS) is 18.1. The Kier molecular flexibility index (Phi) is 4.24. The minimum atomic E-state index is -3.70. The number of para-hydroxylation sites is 2. The molecule has 1 aliphatic heterocycles. The van der Waals surface area contributed by atoms with Crippen molar-refractivity contribution in [3.63, 3.8) is 0 Å². The topological polar surface area (TPSA) is 113 Å². The second-order valence-corrected chi connectivity index (χ2v) is 8.68. The highest BCUT2D eigenvalue weighted by molar-refractivity contribution is 7.89. The summed E-state index contributed by atoms with van der Waals surface area (Å²) in [7, 11) is -3.70. The van der Waals surface area contributed by atoms with Gasteiger partial charge in [-0.15, -0.1) is 0 Å². The monoisotopic (exact) mass is 385 g/mol. The number of H-pyrrole nitrogens is 1. The number of nitrogens with one attached hydrogen (secondary N) is 1. The van der Waals surface area contributed by atoms with Gasteiger partial charge in [-0.3, -0.25) is 9.59 Å². The Morgan fingerprint density at radius 1 is 1.11 bits per heavy atom. The number of pyridine rings is 1. The molecule has 8 heteroatoms. The summed E-state index contributed by atoms with van der Waals surface area (Å²) in [5, 5.41) is 5.50. The summed E-state index contributed by atoms with van der Waals surface area (Å²) >= 11 is 0. The molecule has 2 aromatic carbocycles. The number of carbonyl (C=O) groups excluding carboxylic acids is 1. The molecule has 0 aliphatic carbocycles. The molecule has 3 N–H and O–H groups in total. The zero-order chi connectivity index (χ0) is 19.2. The van der Waals surface area contributed by atoms with Gasteiger partial charge in [-0.05, 0) is 37.1 Å². The minimum Gasteiger partial charge on any atom is -0.354 e. The number of amides is 1. The number of likely N-dealkylation sites (tertiary alicyclic amines) is 1. The van der Waals surface area contributed by atoms with E-state index in [0.29, 0.717) is 46.8 Å². The molecule has 0 bridgehead atoms. The molecular weight excluding hydrogens is 366 g/mol. The van der Waals surface area contributed by atoms with E-state index in [1.54, 1.807) is 36.4 Å². The van der Waals surface area contributed by atoms with Gasteiger partial charge in [0.05, 0.1) is 16.3 Å². The Morgan fingerprint density at radius 2 is 1.85 bits per heavy atom. The second kappa shape index (κ2) is 6.47. The number of hydrogen-bond acceptors (Lipinski definition) is 4. The molecule has 27 heavy (non-hydrogen) atoms. The highest BCUT2D eigenvalue weighted by atomic mass is 32.2. The third kappa shape index (κ3) is 3.11. The second-order valence-electron chi connectivity index (χ2n) is 6.83. The molecule has 0 radical (unpaired) electrons. The molecule has 140 valence electrons. The predicted octanol–water partition coefficient (Wildman–Crippen LogP) is 1.57. The van der Waals surface area contributed by atoms with E-state index in [2.05, 4.69) is 4.98 Å². The number of benzene rings is 2. The fourth-order valence-corrected chi connectivity index (χ4v) is 4.57. The van der Waals surface area contributed by atoms with Crippen molar-refractivity contribution in [2.45, 2.75) is 18.1 Å². The van der Waals surface area contributed by atoms with Gasteiger partial charge in [-0.25, -0.2) is 13.6 Å². The summed E-state index contributed by atoms with van der Waals surface area (Å²) < 4.78 is 23.4. The number of nitrogens with zero attached hydrogens (tertiary/aromatic N) is 1. The van der Waals surface area contributed by atoms with Crippen LogP contribution in [0.15, 0.2) is 47.3 Å². The van der Waals surface area contributed by atoms with Crippen molar-refractivity contribution in [2.75, 3.05) is 13.1 Å².